The molecule has 6 heteroatoms. The molecule has 2 aromatic carbocycles. The van der Waals surface area contributed by atoms with Crippen LogP contribution < -0.4 is 10.1 Å². The summed E-state index contributed by atoms with van der Waals surface area (Å²) >= 11 is 0. The van der Waals surface area contributed by atoms with Crippen LogP contribution in [0.2, 0.25) is 0 Å². The van der Waals surface area contributed by atoms with Crippen LogP contribution >= 0.6 is 0 Å². The Labute approximate surface area is 189 Å². The molecule has 0 spiro atoms. The quantitative estimate of drug-likeness (QED) is 0.668. The molecule has 1 amide bonds. The summed E-state index contributed by atoms with van der Waals surface area (Å²) in [4.78, 5) is 24.1. The van der Waals surface area contributed by atoms with E-state index in [0.29, 0.717) is 31.1 Å². The molecule has 2 heterocycles. The molecule has 1 aliphatic heterocycles. The van der Waals surface area contributed by atoms with Gasteiger partial charge in [-0.15, -0.1) is 0 Å². The lowest BCUT2D eigenvalue weighted by atomic mass is 9.97. The lowest BCUT2D eigenvalue weighted by Gasteiger charge is -2.32. The van der Waals surface area contributed by atoms with Crippen molar-refractivity contribution in [1.82, 2.24) is 20.2 Å². The second-order valence-corrected chi connectivity index (χ2v) is 9.27. The van der Waals surface area contributed by atoms with Crippen LogP contribution in [-0.4, -0.2) is 39.5 Å². The zero-order valence-electron chi connectivity index (χ0n) is 19.1. The highest BCUT2D eigenvalue weighted by molar-refractivity contribution is 5.84. The molecule has 6 nitrogen and oxygen atoms in total. The van der Waals surface area contributed by atoms with Crippen molar-refractivity contribution in [2.24, 2.45) is 0 Å². The summed E-state index contributed by atoms with van der Waals surface area (Å²) in [7, 11) is 0. The van der Waals surface area contributed by atoms with E-state index in [4.69, 9.17) is 4.74 Å². The highest BCUT2D eigenvalue weighted by atomic mass is 16.5. The van der Waals surface area contributed by atoms with Crippen LogP contribution in [0, 0.1) is 6.92 Å². The van der Waals surface area contributed by atoms with Crippen molar-refractivity contribution < 1.29 is 9.53 Å². The predicted octanol–water partition coefficient (Wildman–Crippen LogP) is 4.30. The Bertz CT molecular complexity index is 1110. The number of benzene rings is 2. The number of aryl methyl sites for hydroxylation is 1. The molecule has 166 valence electrons. The maximum atomic E-state index is 13.5. The van der Waals surface area contributed by atoms with Gasteiger partial charge in [-0.3, -0.25) is 9.69 Å². The van der Waals surface area contributed by atoms with Gasteiger partial charge in [0.1, 0.15) is 19.0 Å². The summed E-state index contributed by atoms with van der Waals surface area (Å²) in [5.74, 6) is 0.399. The second-order valence-electron chi connectivity index (χ2n) is 9.27. The van der Waals surface area contributed by atoms with Gasteiger partial charge in [0.15, 0.2) is 0 Å². The van der Waals surface area contributed by atoms with E-state index < -0.39 is 6.04 Å². The number of carbonyl (C=O) groups is 1. The maximum Gasteiger partial charge on any atom is 0.242 e. The molecule has 3 aromatic rings. The molecule has 1 atom stereocenters. The zero-order chi connectivity index (χ0) is 22.7. The number of nitrogens with zero attached hydrogens (tertiary/aromatic N) is 3. The molecule has 1 aromatic heterocycles. The third-order valence-corrected chi connectivity index (χ3v) is 5.45. The molecule has 0 radical (unpaired) electrons. The minimum Gasteiger partial charge on any atom is -0.476 e. The van der Waals surface area contributed by atoms with E-state index in [9.17, 15) is 4.79 Å². The van der Waals surface area contributed by atoms with Crippen LogP contribution in [0.1, 0.15) is 43.5 Å². The normalized spacial score (nSPS) is 16.6. The second kappa shape index (κ2) is 9.09. The number of hydrogen-bond acceptors (Lipinski definition) is 5. The van der Waals surface area contributed by atoms with Gasteiger partial charge >= 0.3 is 0 Å². The van der Waals surface area contributed by atoms with Crippen molar-refractivity contribution >= 4 is 5.91 Å². The first-order valence-corrected chi connectivity index (χ1v) is 11.0. The molecular formula is C26H30N4O2. The van der Waals surface area contributed by atoms with Gasteiger partial charge < -0.3 is 10.1 Å². The van der Waals surface area contributed by atoms with Gasteiger partial charge in [0.25, 0.3) is 0 Å². The molecule has 4 rings (SSSR count). The Hall–Kier alpha value is -3.25. The van der Waals surface area contributed by atoms with Gasteiger partial charge in [0.05, 0.1) is 5.56 Å². The Kier molecular flexibility index (Phi) is 6.24. The van der Waals surface area contributed by atoms with Crippen LogP contribution in [-0.2, 0) is 11.3 Å². The molecular weight excluding hydrogens is 400 g/mol. The summed E-state index contributed by atoms with van der Waals surface area (Å²) in [6.07, 6.45) is 3.15. The van der Waals surface area contributed by atoms with Crippen LogP contribution in [0.3, 0.4) is 0 Å². The minimum atomic E-state index is -0.543. The summed E-state index contributed by atoms with van der Waals surface area (Å²) in [6, 6.07) is 16.3. The number of carbonyl (C=O) groups excluding carboxylic acids is 1. The van der Waals surface area contributed by atoms with E-state index in [2.05, 4.69) is 69.6 Å². The van der Waals surface area contributed by atoms with Gasteiger partial charge in [-0.2, -0.15) is 0 Å². The SMILES string of the molecule is Cc1cccc(-c2ccccc2CN2CCOc3ncncc3C2C(=O)NC(C)(C)C)c1. The van der Waals surface area contributed by atoms with E-state index >= 15 is 0 Å². The van der Waals surface area contributed by atoms with Crippen molar-refractivity contribution in [2.75, 3.05) is 13.2 Å². The van der Waals surface area contributed by atoms with Crippen LogP contribution in [0.4, 0.5) is 0 Å². The first-order valence-electron chi connectivity index (χ1n) is 11.0. The Morgan fingerprint density at radius 1 is 1.19 bits per heavy atom. The molecule has 0 saturated heterocycles. The Balaban J connectivity index is 1.73. The molecule has 1 aliphatic rings. The number of rotatable bonds is 4. The molecule has 0 fully saturated rings. The molecule has 0 saturated carbocycles. The number of nitrogens with one attached hydrogen (secondary N) is 1. The van der Waals surface area contributed by atoms with E-state index in [-0.39, 0.29) is 11.4 Å². The molecule has 1 N–H and O–H groups in total. The standard InChI is InChI=1S/C26H30N4O2/c1-18-8-7-10-19(14-18)21-11-6-5-9-20(21)16-30-12-13-32-25-22(15-27-17-28-25)23(30)24(31)29-26(2,3)4/h5-11,14-15,17,23H,12-13,16H2,1-4H3,(H,29,31). The van der Waals surface area contributed by atoms with E-state index in [1.807, 2.05) is 26.8 Å². The Morgan fingerprint density at radius 3 is 2.78 bits per heavy atom. The fourth-order valence-electron chi connectivity index (χ4n) is 4.11. The number of ether oxygens (including phenoxy) is 1. The fraction of sp³-hybridized carbons (Fsp3) is 0.346. The maximum absolute atomic E-state index is 13.5. The van der Waals surface area contributed by atoms with E-state index in [1.54, 1.807) is 6.20 Å². The number of aromatic nitrogens is 2. The smallest absolute Gasteiger partial charge is 0.242 e. The number of amides is 1. The lowest BCUT2D eigenvalue weighted by Crippen LogP contribution is -2.47. The molecule has 1 unspecified atom stereocenters. The largest absolute Gasteiger partial charge is 0.476 e. The van der Waals surface area contributed by atoms with Crippen molar-refractivity contribution in [2.45, 2.75) is 45.8 Å². The van der Waals surface area contributed by atoms with Crippen LogP contribution in [0.15, 0.2) is 61.1 Å². The number of fused-ring (bicyclic) bond motifs is 1. The summed E-state index contributed by atoms with van der Waals surface area (Å²) < 4.78 is 5.88. The van der Waals surface area contributed by atoms with Gasteiger partial charge in [-0.25, -0.2) is 9.97 Å². The average molecular weight is 431 g/mol. The topological polar surface area (TPSA) is 67.3 Å². The highest BCUT2D eigenvalue weighted by Gasteiger charge is 2.35. The van der Waals surface area contributed by atoms with Crippen molar-refractivity contribution in [1.29, 1.82) is 0 Å². The lowest BCUT2D eigenvalue weighted by molar-refractivity contribution is -0.128. The van der Waals surface area contributed by atoms with Crippen LogP contribution in [0.25, 0.3) is 11.1 Å². The molecule has 0 aliphatic carbocycles. The summed E-state index contributed by atoms with van der Waals surface area (Å²) in [6.45, 7) is 9.70. The van der Waals surface area contributed by atoms with Gasteiger partial charge in [0.2, 0.25) is 11.8 Å². The third-order valence-electron chi connectivity index (χ3n) is 5.45. The monoisotopic (exact) mass is 430 g/mol. The van der Waals surface area contributed by atoms with Gasteiger partial charge in [0, 0.05) is 24.8 Å². The average Bonchev–Trinajstić information content (AvgIpc) is 2.92. The number of hydrogen-bond donors (Lipinski definition) is 1. The van der Waals surface area contributed by atoms with Crippen LogP contribution in [0.5, 0.6) is 5.88 Å². The molecule has 32 heavy (non-hydrogen) atoms. The third kappa shape index (κ3) is 4.97. The Morgan fingerprint density at radius 2 is 2.00 bits per heavy atom. The summed E-state index contributed by atoms with van der Waals surface area (Å²) in [5.41, 5.74) is 5.05. The zero-order valence-corrected chi connectivity index (χ0v) is 19.1. The minimum absolute atomic E-state index is 0.0768. The van der Waals surface area contributed by atoms with Gasteiger partial charge in [-0.05, 0) is 44.4 Å². The molecule has 0 bridgehead atoms. The summed E-state index contributed by atoms with van der Waals surface area (Å²) in [5, 5.41) is 3.14. The van der Waals surface area contributed by atoms with Crippen molar-refractivity contribution in [3.05, 3.63) is 77.7 Å². The van der Waals surface area contributed by atoms with Crippen molar-refractivity contribution in [3.63, 3.8) is 0 Å². The predicted molar refractivity (Wildman–Crippen MR) is 125 cm³/mol. The first-order chi connectivity index (χ1) is 15.3. The van der Waals surface area contributed by atoms with E-state index in [0.717, 1.165) is 5.56 Å². The first kappa shape index (κ1) is 22.0. The van der Waals surface area contributed by atoms with E-state index in [1.165, 1.54) is 23.0 Å². The fourth-order valence-corrected chi connectivity index (χ4v) is 4.11. The van der Waals surface area contributed by atoms with Gasteiger partial charge in [-0.1, -0.05) is 54.1 Å². The van der Waals surface area contributed by atoms with Crippen molar-refractivity contribution in [3.8, 4) is 17.0 Å². The highest BCUT2D eigenvalue weighted by Crippen LogP contribution is 2.33.